The molecule has 3 rings (SSSR count). The highest BCUT2D eigenvalue weighted by Gasteiger charge is 2.05. The third kappa shape index (κ3) is 6.49. The van der Waals surface area contributed by atoms with Gasteiger partial charge < -0.3 is 5.32 Å². The normalized spacial score (nSPS) is 10.6. The minimum Gasteiger partial charge on any atom is -0.351 e. The van der Waals surface area contributed by atoms with E-state index < -0.39 is 0 Å². The smallest absolute Gasteiger partial charge is 0.251 e. The maximum Gasteiger partial charge on any atom is 0.251 e. The van der Waals surface area contributed by atoms with E-state index in [0.717, 1.165) is 11.5 Å². The van der Waals surface area contributed by atoms with Gasteiger partial charge in [0, 0.05) is 33.4 Å². The number of benzene rings is 3. The molecule has 2 nitrogen and oxygen atoms in total. The highest BCUT2D eigenvalue weighted by atomic mass is 32.2. The Hall–Kier alpha value is -2.17. The van der Waals surface area contributed by atoms with Crippen LogP contribution in [0.1, 0.15) is 21.5 Å². The number of carbonyl (C=O) groups is 1. The maximum absolute atomic E-state index is 12.3. The summed E-state index contributed by atoms with van der Waals surface area (Å²) in [5.41, 5.74) is 3.21. The fourth-order valence-corrected chi connectivity index (χ4v) is 4.15. The topological polar surface area (TPSA) is 29.1 Å². The van der Waals surface area contributed by atoms with E-state index in [0.29, 0.717) is 12.1 Å². The van der Waals surface area contributed by atoms with Crippen LogP contribution >= 0.6 is 23.5 Å². The van der Waals surface area contributed by atoms with Crippen molar-refractivity contribution in [3.05, 3.63) is 95.6 Å². The van der Waals surface area contributed by atoms with Gasteiger partial charge in [0.05, 0.1) is 0 Å². The number of amides is 1. The molecule has 1 amide bonds. The molecule has 3 aromatic carbocycles. The molecule has 4 heteroatoms. The summed E-state index contributed by atoms with van der Waals surface area (Å²) >= 11 is 3.56. The van der Waals surface area contributed by atoms with E-state index in [9.17, 15) is 4.79 Å². The van der Waals surface area contributed by atoms with E-state index in [-0.39, 0.29) is 5.91 Å². The summed E-state index contributed by atoms with van der Waals surface area (Å²) in [6, 6.07) is 26.7. The Morgan fingerprint density at radius 2 is 1.48 bits per heavy atom. The van der Waals surface area contributed by atoms with Crippen LogP contribution in [-0.4, -0.2) is 18.2 Å². The van der Waals surface area contributed by atoms with Gasteiger partial charge in [-0.2, -0.15) is 0 Å². The second-order valence-corrected chi connectivity index (χ2v) is 8.43. The molecule has 0 heterocycles. The van der Waals surface area contributed by atoms with Gasteiger partial charge in [0.15, 0.2) is 0 Å². The zero-order valence-electron chi connectivity index (χ0n) is 15.4. The lowest BCUT2D eigenvalue weighted by Crippen LogP contribution is -2.25. The van der Waals surface area contributed by atoms with Crippen molar-refractivity contribution in [3.8, 4) is 0 Å². The van der Waals surface area contributed by atoms with Crippen molar-refractivity contribution in [1.82, 2.24) is 5.32 Å². The Bertz CT molecular complexity index is 846. The van der Waals surface area contributed by atoms with Gasteiger partial charge in [0.25, 0.3) is 5.91 Å². The summed E-state index contributed by atoms with van der Waals surface area (Å²) in [5, 5.41) is 2.99. The predicted molar refractivity (Wildman–Crippen MR) is 117 cm³/mol. The Morgan fingerprint density at radius 1 is 0.815 bits per heavy atom. The SMILES string of the molecule is Cc1ccc(SCc2ccc(C(=O)NCCSc3ccccc3)cc2)cc1. The van der Waals surface area contributed by atoms with E-state index in [4.69, 9.17) is 0 Å². The molecule has 0 aliphatic carbocycles. The lowest BCUT2D eigenvalue weighted by molar-refractivity contribution is 0.0956. The van der Waals surface area contributed by atoms with E-state index in [2.05, 4.69) is 48.6 Å². The molecule has 0 bridgehead atoms. The minimum atomic E-state index is -0.0126. The van der Waals surface area contributed by atoms with E-state index in [1.807, 2.05) is 54.2 Å². The second-order valence-electron chi connectivity index (χ2n) is 6.22. The summed E-state index contributed by atoms with van der Waals surface area (Å²) in [4.78, 5) is 14.7. The monoisotopic (exact) mass is 393 g/mol. The maximum atomic E-state index is 12.3. The van der Waals surface area contributed by atoms with Gasteiger partial charge in [0.1, 0.15) is 0 Å². The molecule has 0 unspecified atom stereocenters. The molecule has 0 aromatic heterocycles. The van der Waals surface area contributed by atoms with E-state index >= 15 is 0 Å². The quantitative estimate of drug-likeness (QED) is 0.387. The van der Waals surface area contributed by atoms with Crippen LogP contribution in [0.25, 0.3) is 0 Å². The fraction of sp³-hybridized carbons (Fsp3) is 0.174. The first kappa shape index (κ1) is 19.6. The van der Waals surface area contributed by atoms with Crippen molar-refractivity contribution in [2.75, 3.05) is 12.3 Å². The van der Waals surface area contributed by atoms with Crippen LogP contribution in [0.5, 0.6) is 0 Å². The Morgan fingerprint density at radius 3 is 2.19 bits per heavy atom. The number of carbonyl (C=O) groups excluding carboxylic acids is 1. The summed E-state index contributed by atoms with van der Waals surface area (Å²) in [7, 11) is 0. The van der Waals surface area contributed by atoms with Gasteiger partial charge in [-0.15, -0.1) is 23.5 Å². The van der Waals surface area contributed by atoms with Crippen molar-refractivity contribution in [1.29, 1.82) is 0 Å². The molecule has 138 valence electrons. The molecule has 3 aromatic rings. The van der Waals surface area contributed by atoms with E-state index in [1.165, 1.54) is 20.9 Å². The number of aryl methyl sites for hydroxylation is 1. The van der Waals surface area contributed by atoms with E-state index in [1.54, 1.807) is 11.8 Å². The Balaban J connectivity index is 1.42. The van der Waals surface area contributed by atoms with Crippen molar-refractivity contribution < 1.29 is 4.79 Å². The number of rotatable bonds is 8. The number of hydrogen-bond acceptors (Lipinski definition) is 3. The highest BCUT2D eigenvalue weighted by molar-refractivity contribution is 7.99. The van der Waals surface area contributed by atoms with Crippen LogP contribution in [0.2, 0.25) is 0 Å². The zero-order valence-corrected chi connectivity index (χ0v) is 17.0. The average molecular weight is 394 g/mol. The average Bonchev–Trinajstić information content (AvgIpc) is 2.72. The first-order chi connectivity index (χ1) is 13.2. The van der Waals surface area contributed by atoms with Crippen LogP contribution in [0, 0.1) is 6.92 Å². The predicted octanol–water partition coefficient (Wildman–Crippen LogP) is 5.81. The number of thioether (sulfide) groups is 2. The van der Waals surface area contributed by atoms with Crippen molar-refractivity contribution in [2.45, 2.75) is 22.5 Å². The standard InChI is InChI=1S/C23H23NOS2/c1-18-7-13-22(14-8-18)27-17-19-9-11-20(12-10-19)23(25)24-15-16-26-21-5-3-2-4-6-21/h2-14H,15-17H2,1H3,(H,24,25). The molecule has 0 saturated carbocycles. The molecule has 0 saturated heterocycles. The van der Waals surface area contributed by atoms with Gasteiger partial charge in [-0.25, -0.2) is 0 Å². The minimum absolute atomic E-state index is 0.0126. The first-order valence-corrected chi connectivity index (χ1v) is 10.9. The molecule has 27 heavy (non-hydrogen) atoms. The second kappa shape index (κ2) is 10.2. The summed E-state index contributed by atoms with van der Waals surface area (Å²) in [6.07, 6.45) is 0. The molecular weight excluding hydrogens is 370 g/mol. The number of nitrogens with one attached hydrogen (secondary N) is 1. The Kier molecular flexibility index (Phi) is 7.43. The van der Waals surface area contributed by atoms with Gasteiger partial charge in [-0.1, -0.05) is 48.0 Å². The van der Waals surface area contributed by atoms with Crippen LogP contribution < -0.4 is 5.32 Å². The molecule has 0 atom stereocenters. The van der Waals surface area contributed by atoms with Crippen LogP contribution in [0.3, 0.4) is 0 Å². The lowest BCUT2D eigenvalue weighted by Gasteiger charge is -2.07. The third-order valence-electron chi connectivity index (χ3n) is 4.04. The molecule has 0 aliphatic heterocycles. The molecule has 1 N–H and O–H groups in total. The van der Waals surface area contributed by atoms with Crippen LogP contribution in [0.15, 0.2) is 88.7 Å². The largest absolute Gasteiger partial charge is 0.351 e. The molecule has 0 fully saturated rings. The Labute approximate surface area is 169 Å². The van der Waals surface area contributed by atoms with Gasteiger partial charge in [0.2, 0.25) is 0 Å². The summed E-state index contributed by atoms with van der Waals surface area (Å²) < 4.78 is 0. The third-order valence-corrected chi connectivity index (χ3v) is 6.14. The molecule has 0 aliphatic rings. The molecular formula is C23H23NOS2. The van der Waals surface area contributed by atoms with Crippen molar-refractivity contribution in [3.63, 3.8) is 0 Å². The molecule has 0 spiro atoms. The summed E-state index contributed by atoms with van der Waals surface area (Å²) in [5.74, 6) is 1.75. The lowest BCUT2D eigenvalue weighted by atomic mass is 10.1. The summed E-state index contributed by atoms with van der Waals surface area (Å²) in [6.45, 7) is 2.75. The van der Waals surface area contributed by atoms with Crippen molar-refractivity contribution in [2.24, 2.45) is 0 Å². The van der Waals surface area contributed by atoms with Gasteiger partial charge in [-0.3, -0.25) is 4.79 Å². The number of hydrogen-bond donors (Lipinski definition) is 1. The first-order valence-electron chi connectivity index (χ1n) is 8.95. The zero-order chi connectivity index (χ0) is 18.9. The highest BCUT2D eigenvalue weighted by Crippen LogP contribution is 2.23. The van der Waals surface area contributed by atoms with Crippen LogP contribution in [0.4, 0.5) is 0 Å². The van der Waals surface area contributed by atoms with Gasteiger partial charge in [-0.05, 0) is 48.9 Å². The van der Waals surface area contributed by atoms with Gasteiger partial charge >= 0.3 is 0 Å². The van der Waals surface area contributed by atoms with Crippen LogP contribution in [-0.2, 0) is 5.75 Å². The molecule has 0 radical (unpaired) electrons. The van der Waals surface area contributed by atoms with Crippen molar-refractivity contribution >= 4 is 29.4 Å². The fourth-order valence-electron chi connectivity index (χ4n) is 2.51.